The third-order valence-corrected chi connectivity index (χ3v) is 3.96. The van der Waals surface area contributed by atoms with Crippen LogP contribution in [0.2, 0.25) is 0 Å². The van der Waals surface area contributed by atoms with Crippen LogP contribution in [-0.4, -0.2) is 12.8 Å². The lowest BCUT2D eigenvalue weighted by atomic mass is 9.91. The second kappa shape index (κ2) is 3.78. The first-order chi connectivity index (χ1) is 7.43. The van der Waals surface area contributed by atoms with Crippen LogP contribution in [0, 0.1) is 0 Å². The zero-order valence-corrected chi connectivity index (χ0v) is 9.33. The van der Waals surface area contributed by atoms with Crippen molar-refractivity contribution in [3.63, 3.8) is 0 Å². The van der Waals surface area contributed by atoms with Gasteiger partial charge in [0.15, 0.2) is 0 Å². The summed E-state index contributed by atoms with van der Waals surface area (Å²) in [5.41, 5.74) is 1.48. The van der Waals surface area contributed by atoms with E-state index in [-0.39, 0.29) is 0 Å². The molecule has 1 aromatic heterocycles. The Morgan fingerprint density at radius 3 is 3.13 bits per heavy atom. The van der Waals surface area contributed by atoms with Gasteiger partial charge in [0.1, 0.15) is 0 Å². The molecule has 2 aromatic rings. The first kappa shape index (κ1) is 9.10. The van der Waals surface area contributed by atoms with Gasteiger partial charge in [-0.2, -0.15) is 0 Å². The van der Waals surface area contributed by atoms with E-state index < -0.39 is 0 Å². The first-order valence-corrected chi connectivity index (χ1v) is 6.27. The van der Waals surface area contributed by atoms with Crippen molar-refractivity contribution in [3.05, 3.63) is 35.2 Å². The van der Waals surface area contributed by atoms with Crippen LogP contribution < -0.4 is 0 Å². The molecule has 0 N–H and O–H groups in total. The van der Waals surface area contributed by atoms with Crippen LogP contribution in [-0.2, 0) is 0 Å². The molecule has 3 rings (SSSR count). The van der Waals surface area contributed by atoms with Gasteiger partial charge < -0.3 is 0 Å². The van der Waals surface area contributed by atoms with Gasteiger partial charge in [-0.15, -0.1) is 11.3 Å². The maximum Gasteiger partial charge on any atom is 0.0391 e. The number of hydrogen-bond donors (Lipinski definition) is 0. The van der Waals surface area contributed by atoms with Gasteiger partial charge in [0, 0.05) is 11.2 Å². The minimum Gasteiger partial charge on any atom is -0.297 e. The number of thiophene rings is 1. The van der Waals surface area contributed by atoms with Crippen LogP contribution in [0.3, 0.4) is 0 Å². The molecule has 0 amide bonds. The van der Waals surface area contributed by atoms with Crippen LogP contribution in [0.25, 0.3) is 10.1 Å². The number of hydrogen-bond acceptors (Lipinski definition) is 2. The number of fused-ring (bicyclic) bond motifs is 1. The minimum absolute atomic E-state index is 0.689. The monoisotopic (exact) mass is 215 g/mol. The summed E-state index contributed by atoms with van der Waals surface area (Å²) in [6.07, 6.45) is 4.39. The van der Waals surface area contributed by atoms with E-state index in [1.165, 1.54) is 22.1 Å². The van der Waals surface area contributed by atoms with Crippen molar-refractivity contribution in [2.45, 2.75) is 18.8 Å². The fourth-order valence-corrected chi connectivity index (χ4v) is 3.01. The maximum absolute atomic E-state index is 4.28. The SMILES string of the molecule is C1=NCCC(c2ccc3ccsc3c2)C1. The van der Waals surface area contributed by atoms with Crippen LogP contribution in [0.5, 0.6) is 0 Å². The molecule has 2 heterocycles. The van der Waals surface area contributed by atoms with Gasteiger partial charge in [-0.25, -0.2) is 0 Å². The average Bonchev–Trinajstić information content (AvgIpc) is 2.77. The standard InChI is InChI=1S/C13H13NS/c1-2-12(10-3-6-14-7-4-10)9-13-11(1)5-8-15-13/h1-2,5-6,8-10H,3-4,7H2. The molecule has 0 aliphatic carbocycles. The van der Waals surface area contributed by atoms with E-state index in [0.29, 0.717) is 5.92 Å². The van der Waals surface area contributed by atoms with Gasteiger partial charge >= 0.3 is 0 Å². The Bertz CT molecular complexity index is 498. The predicted octanol–water partition coefficient (Wildman–Crippen LogP) is 3.85. The van der Waals surface area contributed by atoms with E-state index in [4.69, 9.17) is 0 Å². The summed E-state index contributed by atoms with van der Waals surface area (Å²) >= 11 is 1.83. The van der Waals surface area contributed by atoms with Gasteiger partial charge in [-0.05, 0) is 53.4 Å². The fraction of sp³-hybridized carbons (Fsp3) is 0.308. The van der Waals surface area contributed by atoms with Crippen LogP contribution in [0.15, 0.2) is 34.6 Å². The Labute approximate surface area is 93.5 Å². The van der Waals surface area contributed by atoms with Crippen LogP contribution in [0.4, 0.5) is 0 Å². The van der Waals surface area contributed by atoms with E-state index >= 15 is 0 Å². The zero-order chi connectivity index (χ0) is 10.1. The van der Waals surface area contributed by atoms with E-state index in [1.54, 1.807) is 0 Å². The normalized spacial score (nSPS) is 20.9. The van der Waals surface area contributed by atoms with E-state index in [1.807, 2.05) is 11.3 Å². The summed E-state index contributed by atoms with van der Waals surface area (Å²) < 4.78 is 1.41. The topological polar surface area (TPSA) is 12.4 Å². The molecular weight excluding hydrogens is 202 g/mol. The summed E-state index contributed by atoms with van der Waals surface area (Å²) in [6.45, 7) is 0.993. The van der Waals surface area contributed by atoms with Gasteiger partial charge in [0.05, 0.1) is 0 Å². The minimum atomic E-state index is 0.689. The highest BCUT2D eigenvalue weighted by atomic mass is 32.1. The summed E-state index contributed by atoms with van der Waals surface area (Å²) in [7, 11) is 0. The number of aliphatic imine (C=N–C) groups is 1. The molecule has 15 heavy (non-hydrogen) atoms. The lowest BCUT2D eigenvalue weighted by molar-refractivity contribution is 0.638. The quantitative estimate of drug-likeness (QED) is 0.685. The molecule has 0 fully saturated rings. The summed E-state index contributed by atoms with van der Waals surface area (Å²) in [5.74, 6) is 0.689. The van der Waals surface area contributed by atoms with E-state index in [0.717, 1.165) is 13.0 Å². The van der Waals surface area contributed by atoms with Crippen LogP contribution in [0.1, 0.15) is 24.3 Å². The summed E-state index contributed by atoms with van der Waals surface area (Å²) in [6, 6.07) is 9.06. The Hall–Kier alpha value is -1.15. The molecule has 1 aromatic carbocycles. The molecule has 0 bridgehead atoms. The Morgan fingerprint density at radius 1 is 1.27 bits per heavy atom. The third-order valence-electron chi connectivity index (χ3n) is 3.08. The Kier molecular flexibility index (Phi) is 2.29. The van der Waals surface area contributed by atoms with Gasteiger partial charge in [0.2, 0.25) is 0 Å². The van der Waals surface area contributed by atoms with Gasteiger partial charge in [-0.1, -0.05) is 12.1 Å². The van der Waals surface area contributed by atoms with Crippen molar-refractivity contribution in [1.29, 1.82) is 0 Å². The van der Waals surface area contributed by atoms with Crippen molar-refractivity contribution in [3.8, 4) is 0 Å². The molecule has 1 nitrogen and oxygen atoms in total. The lowest BCUT2D eigenvalue weighted by Crippen LogP contribution is -2.06. The number of benzene rings is 1. The van der Waals surface area contributed by atoms with Crippen molar-refractivity contribution in [2.24, 2.45) is 4.99 Å². The lowest BCUT2D eigenvalue weighted by Gasteiger charge is -2.17. The second-order valence-corrected chi connectivity index (χ2v) is 4.98. The molecular formula is C13H13NS. The van der Waals surface area contributed by atoms with Crippen molar-refractivity contribution in [2.75, 3.05) is 6.54 Å². The Morgan fingerprint density at radius 2 is 2.27 bits per heavy atom. The molecule has 0 saturated heterocycles. The molecule has 76 valence electrons. The average molecular weight is 215 g/mol. The third kappa shape index (κ3) is 1.70. The molecule has 1 unspecified atom stereocenters. The summed E-state index contributed by atoms with van der Waals surface area (Å²) in [4.78, 5) is 4.28. The first-order valence-electron chi connectivity index (χ1n) is 5.39. The highest BCUT2D eigenvalue weighted by Gasteiger charge is 2.13. The molecule has 1 aliphatic heterocycles. The largest absolute Gasteiger partial charge is 0.297 e. The second-order valence-electron chi connectivity index (χ2n) is 4.03. The highest BCUT2D eigenvalue weighted by molar-refractivity contribution is 7.17. The van der Waals surface area contributed by atoms with Gasteiger partial charge in [-0.3, -0.25) is 4.99 Å². The number of nitrogens with zero attached hydrogens (tertiary/aromatic N) is 1. The highest BCUT2D eigenvalue weighted by Crippen LogP contribution is 2.29. The molecule has 2 heteroatoms. The molecule has 1 atom stereocenters. The molecule has 0 radical (unpaired) electrons. The van der Waals surface area contributed by atoms with Crippen LogP contribution >= 0.6 is 11.3 Å². The predicted molar refractivity (Wildman–Crippen MR) is 67.2 cm³/mol. The summed E-state index contributed by atoms with van der Waals surface area (Å²) in [5, 5.41) is 3.53. The van der Waals surface area contributed by atoms with Crippen molar-refractivity contribution >= 4 is 27.6 Å². The number of rotatable bonds is 1. The van der Waals surface area contributed by atoms with E-state index in [9.17, 15) is 0 Å². The zero-order valence-electron chi connectivity index (χ0n) is 8.52. The molecule has 0 spiro atoms. The smallest absolute Gasteiger partial charge is 0.0391 e. The van der Waals surface area contributed by atoms with Crippen molar-refractivity contribution in [1.82, 2.24) is 0 Å². The van der Waals surface area contributed by atoms with Crippen molar-refractivity contribution < 1.29 is 0 Å². The molecule has 1 aliphatic rings. The fourth-order valence-electron chi connectivity index (χ4n) is 2.17. The van der Waals surface area contributed by atoms with Gasteiger partial charge in [0.25, 0.3) is 0 Å². The Balaban J connectivity index is 1.99. The molecule has 0 saturated carbocycles. The van der Waals surface area contributed by atoms with E-state index in [2.05, 4.69) is 40.9 Å². The maximum atomic E-state index is 4.28.